The first-order valence-corrected chi connectivity index (χ1v) is 22.9. The SMILES string of the molecule is COc1ccc2c(c1)[C@@H]1C[C@]1(C(=O)N1CC34CCC3(CN(C(=O)N(C(C)C)C(C)C)C4)C1)Cn1c-2c(C2CCCCC2)c2ccc(C(=O)NS(=O)(=O)C(C)C)cc21. The molecule has 4 heterocycles. The number of methoxy groups -OCH3 is 1. The second-order valence-corrected chi connectivity index (χ2v) is 21.5. The first-order chi connectivity index (χ1) is 27.0. The average Bonchev–Trinajstić information content (AvgIpc) is 3.71. The van der Waals surface area contributed by atoms with Crippen molar-refractivity contribution < 1.29 is 27.5 Å². The Hall–Kier alpha value is -4.06. The Morgan fingerprint density at radius 2 is 1.49 bits per heavy atom. The van der Waals surface area contributed by atoms with Crippen molar-refractivity contribution in [2.75, 3.05) is 33.3 Å². The van der Waals surface area contributed by atoms with E-state index in [9.17, 15) is 18.0 Å². The number of likely N-dealkylation sites (tertiary alicyclic amines) is 2. The Balaban J connectivity index is 1.12. The number of amides is 4. The number of rotatable bonds is 8. The first kappa shape index (κ1) is 38.5. The maximum Gasteiger partial charge on any atom is 0.320 e. The number of hydrogen-bond donors (Lipinski definition) is 1. The van der Waals surface area contributed by atoms with Crippen LogP contribution in [0.4, 0.5) is 4.79 Å². The predicted molar refractivity (Wildman–Crippen MR) is 221 cm³/mol. The third kappa shape index (κ3) is 5.69. The van der Waals surface area contributed by atoms with Gasteiger partial charge in [-0.15, -0.1) is 0 Å². The summed E-state index contributed by atoms with van der Waals surface area (Å²) in [6.07, 6.45) is 8.43. The van der Waals surface area contributed by atoms with Crippen molar-refractivity contribution in [1.29, 1.82) is 0 Å². The second kappa shape index (κ2) is 13.2. The number of carbonyl (C=O) groups is 3. The zero-order chi connectivity index (χ0) is 40.4. The molecule has 57 heavy (non-hydrogen) atoms. The zero-order valence-corrected chi connectivity index (χ0v) is 35.5. The van der Waals surface area contributed by atoms with Gasteiger partial charge in [0.1, 0.15) is 5.75 Å². The summed E-state index contributed by atoms with van der Waals surface area (Å²) in [7, 11) is -2.15. The van der Waals surface area contributed by atoms with E-state index in [1.165, 1.54) is 12.0 Å². The van der Waals surface area contributed by atoms with E-state index < -0.39 is 26.6 Å². The van der Waals surface area contributed by atoms with E-state index >= 15 is 4.79 Å². The number of nitrogens with one attached hydrogen (secondary N) is 1. The van der Waals surface area contributed by atoms with Gasteiger partial charge < -0.3 is 24.0 Å². The Morgan fingerprint density at radius 1 is 0.842 bits per heavy atom. The van der Waals surface area contributed by atoms with Crippen LogP contribution < -0.4 is 9.46 Å². The molecule has 3 aliphatic carbocycles. The molecule has 0 radical (unpaired) electrons. The number of ether oxygens (including phenoxy) is 1. The highest BCUT2D eigenvalue weighted by Gasteiger charge is 2.72. The monoisotopic (exact) mass is 797 g/mol. The van der Waals surface area contributed by atoms with Crippen molar-refractivity contribution in [1.82, 2.24) is 24.0 Å². The van der Waals surface area contributed by atoms with Crippen LogP contribution in [0.3, 0.4) is 0 Å². The molecule has 2 aromatic carbocycles. The molecule has 0 bridgehead atoms. The number of sulfonamides is 1. The van der Waals surface area contributed by atoms with Gasteiger partial charge in [-0.05, 0) is 121 Å². The first-order valence-electron chi connectivity index (χ1n) is 21.3. The van der Waals surface area contributed by atoms with Gasteiger partial charge >= 0.3 is 6.03 Å². The minimum Gasteiger partial charge on any atom is -0.497 e. The van der Waals surface area contributed by atoms with Gasteiger partial charge in [-0.2, -0.15) is 0 Å². The van der Waals surface area contributed by atoms with Crippen LogP contribution in [0.1, 0.15) is 126 Å². The van der Waals surface area contributed by atoms with E-state index in [0.29, 0.717) is 38.6 Å². The Bertz CT molecular complexity index is 2260. The molecule has 1 aromatic heterocycles. The molecule has 9 rings (SSSR count). The van der Waals surface area contributed by atoms with E-state index in [-0.39, 0.29) is 46.3 Å². The number of carbonyl (C=O) groups excluding carboxylic acids is 3. The maximum atomic E-state index is 15.4. The lowest BCUT2D eigenvalue weighted by Crippen LogP contribution is -2.50. The van der Waals surface area contributed by atoms with Gasteiger partial charge in [0.05, 0.1) is 23.5 Å². The summed E-state index contributed by atoms with van der Waals surface area (Å²) in [5.41, 5.74) is 4.94. The maximum absolute atomic E-state index is 15.4. The Morgan fingerprint density at radius 3 is 2.09 bits per heavy atom. The molecule has 3 saturated carbocycles. The summed E-state index contributed by atoms with van der Waals surface area (Å²) in [4.78, 5) is 49.1. The van der Waals surface area contributed by atoms with Crippen LogP contribution in [0.15, 0.2) is 36.4 Å². The van der Waals surface area contributed by atoms with Crippen molar-refractivity contribution in [2.24, 2.45) is 16.2 Å². The zero-order valence-electron chi connectivity index (χ0n) is 34.7. The van der Waals surface area contributed by atoms with Gasteiger partial charge in [0.25, 0.3) is 5.91 Å². The fourth-order valence-corrected chi connectivity index (χ4v) is 12.6. The van der Waals surface area contributed by atoms with Gasteiger partial charge in [-0.25, -0.2) is 17.9 Å². The summed E-state index contributed by atoms with van der Waals surface area (Å²) < 4.78 is 36.0. The largest absolute Gasteiger partial charge is 0.497 e. The lowest BCUT2D eigenvalue weighted by molar-refractivity contribution is -0.137. The van der Waals surface area contributed by atoms with Crippen LogP contribution in [0.25, 0.3) is 22.2 Å². The van der Waals surface area contributed by atoms with Gasteiger partial charge in [0.2, 0.25) is 15.9 Å². The molecule has 5 fully saturated rings. The van der Waals surface area contributed by atoms with E-state index in [2.05, 4.69) is 58.9 Å². The van der Waals surface area contributed by atoms with Crippen molar-refractivity contribution in [3.8, 4) is 17.0 Å². The molecular formula is C45H59N5O6S. The van der Waals surface area contributed by atoms with E-state index in [4.69, 9.17) is 4.74 Å². The van der Waals surface area contributed by atoms with Crippen molar-refractivity contribution in [3.63, 3.8) is 0 Å². The molecule has 6 aliphatic rings. The molecule has 4 amide bonds. The summed E-state index contributed by atoms with van der Waals surface area (Å²) >= 11 is 0. The molecule has 2 unspecified atom stereocenters. The van der Waals surface area contributed by atoms with Crippen LogP contribution in [0.5, 0.6) is 5.75 Å². The summed E-state index contributed by atoms with van der Waals surface area (Å²) in [5, 5.41) is 0.313. The van der Waals surface area contributed by atoms with Crippen LogP contribution in [-0.2, 0) is 21.4 Å². The average molecular weight is 798 g/mol. The molecule has 2 saturated heterocycles. The van der Waals surface area contributed by atoms with Crippen LogP contribution in [0, 0.1) is 16.2 Å². The van der Waals surface area contributed by atoms with Crippen molar-refractivity contribution >= 4 is 38.8 Å². The van der Waals surface area contributed by atoms with Gasteiger partial charge in [-0.1, -0.05) is 25.3 Å². The van der Waals surface area contributed by atoms with Crippen molar-refractivity contribution in [2.45, 2.75) is 129 Å². The van der Waals surface area contributed by atoms with Gasteiger partial charge in [0.15, 0.2) is 0 Å². The molecule has 4 atom stereocenters. The Labute approximate surface area is 337 Å². The Kier molecular flexibility index (Phi) is 8.92. The molecule has 3 aliphatic heterocycles. The quantitative estimate of drug-likeness (QED) is 0.252. The molecule has 3 aromatic rings. The number of aromatic nitrogens is 1. The van der Waals surface area contributed by atoms with Gasteiger partial charge in [0, 0.05) is 83.6 Å². The lowest BCUT2D eigenvalue weighted by Gasteiger charge is -2.48. The fraction of sp³-hybridized carbons (Fsp3) is 0.622. The number of fused-ring (bicyclic) bond motifs is 7. The molecule has 1 N–H and O–H groups in total. The highest BCUT2D eigenvalue weighted by Crippen LogP contribution is 2.70. The third-order valence-electron chi connectivity index (χ3n) is 15.1. The molecule has 0 spiro atoms. The highest BCUT2D eigenvalue weighted by atomic mass is 32.2. The minimum atomic E-state index is -3.84. The topological polar surface area (TPSA) is 121 Å². The minimum absolute atomic E-state index is 0.00346. The van der Waals surface area contributed by atoms with E-state index in [0.717, 1.165) is 78.4 Å². The molecular weight excluding hydrogens is 739 g/mol. The summed E-state index contributed by atoms with van der Waals surface area (Å²) in [6, 6.07) is 12.3. The number of urea groups is 1. The smallest absolute Gasteiger partial charge is 0.320 e. The standard InChI is InChI=1S/C45H59N5O6S/c1-27(2)50(28(3)4)42(53)48-24-43-17-18-44(43,25-48)23-47(22-43)41(52)45-21-36(45)35-20-32(56-7)14-16-33(35)39-38(30-11-9-8-10-12-30)34-15-13-31(19-37(34)49(39)26-45)40(51)46-57(54,55)29(5)6/h13-16,19-20,27-30,36H,8-12,17-18,21-26H2,1-7H3,(H,46,51)/t36-,43?,44?,45-/m0/s1. The van der Waals surface area contributed by atoms with E-state index in [1.54, 1.807) is 27.0 Å². The summed E-state index contributed by atoms with van der Waals surface area (Å²) in [5.74, 6) is 0.637. The van der Waals surface area contributed by atoms with Crippen LogP contribution in [-0.4, -0.2) is 96.2 Å². The second-order valence-electron chi connectivity index (χ2n) is 19.3. The number of benzene rings is 2. The highest BCUT2D eigenvalue weighted by molar-refractivity contribution is 7.90. The molecule has 11 nitrogen and oxygen atoms in total. The van der Waals surface area contributed by atoms with Crippen LogP contribution >= 0.6 is 0 Å². The summed E-state index contributed by atoms with van der Waals surface area (Å²) in [6.45, 7) is 14.6. The predicted octanol–water partition coefficient (Wildman–Crippen LogP) is 7.48. The van der Waals surface area contributed by atoms with Crippen LogP contribution in [0.2, 0.25) is 0 Å². The molecule has 306 valence electrons. The van der Waals surface area contributed by atoms with E-state index in [1.807, 2.05) is 23.1 Å². The number of hydrogen-bond acceptors (Lipinski definition) is 6. The number of nitrogens with zero attached hydrogens (tertiary/aromatic N) is 4. The third-order valence-corrected chi connectivity index (χ3v) is 16.8. The normalized spacial score (nSPS) is 27.7. The van der Waals surface area contributed by atoms with Gasteiger partial charge in [-0.3, -0.25) is 9.59 Å². The lowest BCUT2D eigenvalue weighted by atomic mass is 9.53. The fourth-order valence-electron chi connectivity index (χ4n) is 12.0. The van der Waals surface area contributed by atoms with Crippen molar-refractivity contribution in [3.05, 3.63) is 53.1 Å². The molecule has 12 heteroatoms.